The van der Waals surface area contributed by atoms with Gasteiger partial charge in [-0.25, -0.2) is 0 Å². The lowest BCUT2D eigenvalue weighted by Crippen LogP contribution is -2.57. The number of nitrogens with one attached hydrogen (secondary N) is 1. The number of rotatable bonds is 6. The SMILES string of the molecule is CC1CC(C)(C)CC(CO)(NCC(O)CN2CCOCC2)C1. The summed E-state index contributed by atoms with van der Waals surface area (Å²) < 4.78 is 5.33. The lowest BCUT2D eigenvalue weighted by molar-refractivity contribution is 0.00261. The molecular weight excluding hydrogens is 280 g/mol. The largest absolute Gasteiger partial charge is 0.394 e. The number of aliphatic hydroxyl groups is 2. The second-order valence-corrected chi connectivity index (χ2v) is 8.24. The van der Waals surface area contributed by atoms with Crippen LogP contribution in [0.3, 0.4) is 0 Å². The van der Waals surface area contributed by atoms with E-state index in [0.717, 1.165) is 39.1 Å². The van der Waals surface area contributed by atoms with Gasteiger partial charge < -0.3 is 20.3 Å². The molecule has 0 radical (unpaired) electrons. The fraction of sp³-hybridized carbons (Fsp3) is 1.00. The van der Waals surface area contributed by atoms with Crippen molar-refractivity contribution >= 4 is 0 Å². The Morgan fingerprint density at radius 1 is 1.27 bits per heavy atom. The highest BCUT2D eigenvalue weighted by Crippen LogP contribution is 2.43. The van der Waals surface area contributed by atoms with E-state index in [1.807, 2.05) is 0 Å². The molecule has 1 heterocycles. The maximum absolute atomic E-state index is 10.3. The molecule has 3 unspecified atom stereocenters. The summed E-state index contributed by atoms with van der Waals surface area (Å²) in [6, 6.07) is 0. The van der Waals surface area contributed by atoms with Gasteiger partial charge in [-0.2, -0.15) is 0 Å². The van der Waals surface area contributed by atoms with Crippen molar-refractivity contribution in [2.45, 2.75) is 51.7 Å². The molecule has 22 heavy (non-hydrogen) atoms. The van der Waals surface area contributed by atoms with Gasteiger partial charge in [-0.05, 0) is 30.6 Å². The summed E-state index contributed by atoms with van der Waals surface area (Å²) in [5, 5.41) is 23.8. The highest BCUT2D eigenvalue weighted by Gasteiger charge is 2.42. The van der Waals surface area contributed by atoms with Crippen LogP contribution in [0.1, 0.15) is 40.0 Å². The number of hydrogen-bond donors (Lipinski definition) is 3. The van der Waals surface area contributed by atoms with Crippen molar-refractivity contribution in [3.05, 3.63) is 0 Å². The van der Waals surface area contributed by atoms with E-state index in [-0.39, 0.29) is 17.6 Å². The quantitative estimate of drug-likeness (QED) is 0.678. The molecule has 130 valence electrons. The topological polar surface area (TPSA) is 65.0 Å². The van der Waals surface area contributed by atoms with Crippen molar-refractivity contribution in [2.75, 3.05) is 46.0 Å². The second-order valence-electron chi connectivity index (χ2n) is 8.24. The van der Waals surface area contributed by atoms with E-state index in [1.165, 1.54) is 6.42 Å². The second kappa shape index (κ2) is 7.58. The number of nitrogens with zero attached hydrogens (tertiary/aromatic N) is 1. The number of β-amino-alcohol motifs (C(OH)–C–C–N with tert-alkyl or cyclic N) is 1. The Balaban J connectivity index is 1.84. The van der Waals surface area contributed by atoms with Gasteiger partial charge in [-0.15, -0.1) is 0 Å². The molecule has 3 N–H and O–H groups in total. The van der Waals surface area contributed by atoms with Crippen molar-refractivity contribution in [3.8, 4) is 0 Å². The van der Waals surface area contributed by atoms with E-state index < -0.39 is 6.10 Å². The third-order valence-electron chi connectivity index (χ3n) is 5.05. The van der Waals surface area contributed by atoms with Gasteiger partial charge in [0.1, 0.15) is 0 Å². The lowest BCUT2D eigenvalue weighted by Gasteiger charge is -2.48. The van der Waals surface area contributed by atoms with Crippen LogP contribution in [0.25, 0.3) is 0 Å². The Labute approximate surface area is 135 Å². The summed E-state index contributed by atoms with van der Waals surface area (Å²) in [5.41, 5.74) is -0.00425. The number of morpholine rings is 1. The van der Waals surface area contributed by atoms with Gasteiger partial charge in [0, 0.05) is 31.7 Å². The average Bonchev–Trinajstić information content (AvgIpc) is 2.44. The molecule has 1 aliphatic heterocycles. The van der Waals surface area contributed by atoms with Crippen LogP contribution in [0, 0.1) is 11.3 Å². The minimum atomic E-state index is -0.401. The van der Waals surface area contributed by atoms with Crippen molar-refractivity contribution in [1.82, 2.24) is 10.2 Å². The first-order valence-corrected chi connectivity index (χ1v) is 8.68. The molecule has 5 heteroatoms. The van der Waals surface area contributed by atoms with Gasteiger partial charge in [0.25, 0.3) is 0 Å². The highest BCUT2D eigenvalue weighted by atomic mass is 16.5. The van der Waals surface area contributed by atoms with Crippen molar-refractivity contribution in [2.24, 2.45) is 11.3 Å². The minimum absolute atomic E-state index is 0.144. The number of ether oxygens (including phenoxy) is 1. The van der Waals surface area contributed by atoms with Crippen LogP contribution in [-0.2, 0) is 4.74 Å². The highest BCUT2D eigenvalue weighted by molar-refractivity contribution is 4.99. The molecule has 1 saturated carbocycles. The molecule has 3 atom stereocenters. The van der Waals surface area contributed by atoms with Crippen LogP contribution in [0.2, 0.25) is 0 Å². The molecule has 0 bridgehead atoms. The third-order valence-corrected chi connectivity index (χ3v) is 5.05. The maximum Gasteiger partial charge on any atom is 0.0791 e. The Hall–Kier alpha value is -0.200. The van der Waals surface area contributed by atoms with Gasteiger partial charge in [0.2, 0.25) is 0 Å². The summed E-state index contributed by atoms with van der Waals surface area (Å²) in [4.78, 5) is 2.24. The summed E-state index contributed by atoms with van der Waals surface area (Å²) in [5.74, 6) is 0.597. The normalized spacial score (nSPS) is 34.5. The Kier molecular flexibility index (Phi) is 6.25. The smallest absolute Gasteiger partial charge is 0.0791 e. The Morgan fingerprint density at radius 3 is 2.55 bits per heavy atom. The predicted octanol–water partition coefficient (Wildman–Crippen LogP) is 0.846. The molecule has 2 rings (SSSR count). The molecule has 0 aromatic heterocycles. The molecule has 0 aromatic carbocycles. The fourth-order valence-electron chi connectivity index (χ4n) is 4.53. The van der Waals surface area contributed by atoms with Crippen molar-refractivity contribution < 1.29 is 14.9 Å². The molecule has 0 aromatic rings. The van der Waals surface area contributed by atoms with E-state index >= 15 is 0 Å². The average molecular weight is 314 g/mol. The van der Waals surface area contributed by atoms with Crippen molar-refractivity contribution in [3.63, 3.8) is 0 Å². The first kappa shape index (κ1) is 18.1. The maximum atomic E-state index is 10.3. The summed E-state index contributed by atoms with van der Waals surface area (Å²) in [6.07, 6.45) is 2.75. The van der Waals surface area contributed by atoms with Crippen LogP contribution in [-0.4, -0.2) is 72.8 Å². The summed E-state index contributed by atoms with van der Waals surface area (Å²) in [7, 11) is 0. The van der Waals surface area contributed by atoms with Gasteiger partial charge in [-0.3, -0.25) is 4.90 Å². The molecule has 0 amide bonds. The molecular formula is C17H34N2O3. The molecule has 2 aliphatic rings. The zero-order chi connectivity index (χ0) is 16.2. The zero-order valence-electron chi connectivity index (χ0n) is 14.5. The predicted molar refractivity (Wildman–Crippen MR) is 87.9 cm³/mol. The number of aliphatic hydroxyl groups excluding tert-OH is 2. The molecule has 5 nitrogen and oxygen atoms in total. The molecule has 1 saturated heterocycles. The minimum Gasteiger partial charge on any atom is -0.394 e. The van der Waals surface area contributed by atoms with Crippen LogP contribution >= 0.6 is 0 Å². The fourth-order valence-corrected chi connectivity index (χ4v) is 4.53. The Morgan fingerprint density at radius 2 is 1.95 bits per heavy atom. The van der Waals surface area contributed by atoms with E-state index in [0.29, 0.717) is 19.0 Å². The summed E-state index contributed by atoms with van der Waals surface area (Å²) in [6.45, 7) is 11.5. The monoisotopic (exact) mass is 314 g/mol. The first-order valence-electron chi connectivity index (χ1n) is 8.68. The Bertz CT molecular complexity index is 345. The van der Waals surface area contributed by atoms with Gasteiger partial charge in [0.05, 0.1) is 25.9 Å². The van der Waals surface area contributed by atoms with Crippen LogP contribution < -0.4 is 5.32 Å². The molecule has 1 aliphatic carbocycles. The van der Waals surface area contributed by atoms with E-state index in [1.54, 1.807) is 0 Å². The van der Waals surface area contributed by atoms with E-state index in [4.69, 9.17) is 4.74 Å². The standard InChI is InChI=1S/C17H34N2O3/c1-14-8-16(2,3)12-17(9-14,13-20)18-10-15(21)11-19-4-6-22-7-5-19/h14-15,18,20-21H,4-13H2,1-3H3. The molecule has 0 spiro atoms. The van der Waals surface area contributed by atoms with E-state index in [9.17, 15) is 10.2 Å². The first-order chi connectivity index (χ1) is 10.3. The van der Waals surface area contributed by atoms with Crippen LogP contribution in [0.5, 0.6) is 0 Å². The van der Waals surface area contributed by atoms with Gasteiger partial charge >= 0.3 is 0 Å². The summed E-state index contributed by atoms with van der Waals surface area (Å²) >= 11 is 0. The lowest BCUT2D eigenvalue weighted by atomic mass is 9.64. The van der Waals surface area contributed by atoms with Crippen molar-refractivity contribution in [1.29, 1.82) is 0 Å². The van der Waals surface area contributed by atoms with Crippen LogP contribution in [0.4, 0.5) is 0 Å². The van der Waals surface area contributed by atoms with Crippen LogP contribution in [0.15, 0.2) is 0 Å². The van der Waals surface area contributed by atoms with E-state index in [2.05, 4.69) is 31.0 Å². The third kappa shape index (κ3) is 5.17. The number of hydrogen-bond acceptors (Lipinski definition) is 5. The zero-order valence-corrected chi connectivity index (χ0v) is 14.5. The molecule has 2 fully saturated rings. The van der Waals surface area contributed by atoms with Gasteiger partial charge in [-0.1, -0.05) is 20.8 Å². The van der Waals surface area contributed by atoms with Gasteiger partial charge in [0.15, 0.2) is 0 Å².